The number of carbonyl (C=O) groups excluding carboxylic acids is 2. The third-order valence-corrected chi connectivity index (χ3v) is 3.86. The predicted molar refractivity (Wildman–Crippen MR) is 81.3 cm³/mol. The molecule has 0 atom stereocenters. The van der Waals surface area contributed by atoms with Crippen LogP contribution in [0.25, 0.3) is 11.3 Å². The number of rotatable bonds is 4. The number of carbonyl (C=O) groups is 2. The number of nitrogens with zero attached hydrogens (tertiary/aromatic N) is 4. The van der Waals surface area contributed by atoms with E-state index in [4.69, 9.17) is 0 Å². The second-order valence-corrected chi connectivity index (χ2v) is 5.45. The molecule has 3 rings (SSSR count). The highest BCUT2D eigenvalue weighted by molar-refractivity contribution is 5.98. The van der Waals surface area contributed by atoms with Crippen molar-refractivity contribution >= 4 is 11.7 Å². The molecule has 22 heavy (non-hydrogen) atoms. The zero-order valence-electron chi connectivity index (χ0n) is 12.5. The Morgan fingerprint density at radius 3 is 2.45 bits per heavy atom. The first-order valence-corrected chi connectivity index (χ1v) is 7.44. The molecule has 6 heteroatoms. The van der Waals surface area contributed by atoms with E-state index in [-0.39, 0.29) is 18.2 Å². The van der Waals surface area contributed by atoms with E-state index < -0.39 is 0 Å². The van der Waals surface area contributed by atoms with Gasteiger partial charge in [-0.2, -0.15) is 0 Å². The summed E-state index contributed by atoms with van der Waals surface area (Å²) in [5, 5.41) is 7.99. The highest BCUT2D eigenvalue weighted by Crippen LogP contribution is 2.22. The Bertz CT molecular complexity index is 687. The summed E-state index contributed by atoms with van der Waals surface area (Å²) in [6.07, 6.45) is 2.10. The van der Waals surface area contributed by atoms with Gasteiger partial charge in [0, 0.05) is 25.6 Å². The van der Waals surface area contributed by atoms with E-state index in [1.165, 1.54) is 11.6 Å². The largest absolute Gasteiger partial charge is 0.341 e. The molecule has 0 saturated carbocycles. The van der Waals surface area contributed by atoms with Crippen LogP contribution in [0.4, 0.5) is 0 Å². The Balaban J connectivity index is 1.94. The van der Waals surface area contributed by atoms with Crippen molar-refractivity contribution in [1.82, 2.24) is 19.9 Å². The molecule has 2 aromatic rings. The first-order valence-electron chi connectivity index (χ1n) is 7.44. The summed E-state index contributed by atoms with van der Waals surface area (Å²) in [5.74, 6) is -0.131. The molecule has 114 valence electrons. The number of aromatic nitrogens is 3. The van der Waals surface area contributed by atoms with Gasteiger partial charge in [0.2, 0.25) is 5.91 Å². The maximum Gasteiger partial charge on any atom is 0.244 e. The van der Waals surface area contributed by atoms with Crippen LogP contribution < -0.4 is 0 Å². The Hall–Kier alpha value is -2.50. The fraction of sp³-hybridized carbons (Fsp3) is 0.375. The van der Waals surface area contributed by atoms with Crippen molar-refractivity contribution in [1.29, 1.82) is 0 Å². The summed E-state index contributed by atoms with van der Waals surface area (Å²) in [6, 6.07) is 9.46. The molecule has 1 fully saturated rings. The Morgan fingerprint density at radius 2 is 1.82 bits per heavy atom. The average molecular weight is 298 g/mol. The molecule has 0 unspecified atom stereocenters. The van der Waals surface area contributed by atoms with Crippen molar-refractivity contribution in [2.75, 3.05) is 13.1 Å². The third kappa shape index (κ3) is 2.77. The molecule has 1 aliphatic rings. The van der Waals surface area contributed by atoms with Crippen LogP contribution in [0.5, 0.6) is 0 Å². The van der Waals surface area contributed by atoms with Gasteiger partial charge >= 0.3 is 0 Å². The van der Waals surface area contributed by atoms with Crippen LogP contribution in [-0.2, 0) is 11.3 Å². The van der Waals surface area contributed by atoms with Gasteiger partial charge in [0.25, 0.3) is 0 Å². The summed E-state index contributed by atoms with van der Waals surface area (Å²) in [4.78, 5) is 26.0. The van der Waals surface area contributed by atoms with Gasteiger partial charge in [0.05, 0.1) is 0 Å². The second kappa shape index (κ2) is 6.09. The van der Waals surface area contributed by atoms with E-state index in [1.54, 1.807) is 0 Å². The van der Waals surface area contributed by atoms with E-state index in [9.17, 15) is 9.59 Å². The van der Waals surface area contributed by atoms with Gasteiger partial charge in [0.1, 0.15) is 12.2 Å². The van der Waals surface area contributed by atoms with Crippen LogP contribution in [0.3, 0.4) is 0 Å². The predicted octanol–water partition coefficient (Wildman–Crippen LogP) is 1.77. The van der Waals surface area contributed by atoms with Gasteiger partial charge in [0.15, 0.2) is 11.5 Å². The standard InChI is InChI=1S/C16H18N4O2/c1-12(21)15-16(13-7-3-2-4-8-13)20(18-17-15)11-14(22)19-9-5-6-10-19/h2-4,7-8H,5-6,9-11H2,1H3. The van der Waals surface area contributed by atoms with Crippen molar-refractivity contribution in [3.8, 4) is 11.3 Å². The summed E-state index contributed by atoms with van der Waals surface area (Å²) in [5.41, 5.74) is 1.76. The number of ketones is 1. The van der Waals surface area contributed by atoms with Gasteiger partial charge in [-0.05, 0) is 12.8 Å². The van der Waals surface area contributed by atoms with Crippen molar-refractivity contribution in [2.24, 2.45) is 0 Å². The molecule has 0 radical (unpaired) electrons. The molecule has 1 aromatic carbocycles. The molecule has 0 aliphatic carbocycles. The molecule has 1 amide bonds. The van der Waals surface area contributed by atoms with Crippen molar-refractivity contribution in [3.05, 3.63) is 36.0 Å². The van der Waals surface area contributed by atoms with Gasteiger partial charge in [-0.1, -0.05) is 35.5 Å². The minimum atomic E-state index is -0.154. The Kier molecular flexibility index (Phi) is 4.00. The smallest absolute Gasteiger partial charge is 0.244 e. The van der Waals surface area contributed by atoms with Gasteiger partial charge in [-0.25, -0.2) is 4.68 Å². The lowest BCUT2D eigenvalue weighted by molar-refractivity contribution is -0.130. The molecule has 0 bridgehead atoms. The maximum atomic E-state index is 12.3. The van der Waals surface area contributed by atoms with E-state index >= 15 is 0 Å². The quantitative estimate of drug-likeness (QED) is 0.807. The monoisotopic (exact) mass is 298 g/mol. The normalized spacial score (nSPS) is 14.3. The topological polar surface area (TPSA) is 68.1 Å². The third-order valence-electron chi connectivity index (χ3n) is 3.86. The zero-order chi connectivity index (χ0) is 15.5. The summed E-state index contributed by atoms with van der Waals surface area (Å²) in [7, 11) is 0. The number of amides is 1. The lowest BCUT2D eigenvalue weighted by Gasteiger charge is -2.15. The molecule has 0 spiro atoms. The maximum absolute atomic E-state index is 12.3. The van der Waals surface area contributed by atoms with Crippen LogP contribution in [0.15, 0.2) is 30.3 Å². The van der Waals surface area contributed by atoms with Crippen LogP contribution in [-0.4, -0.2) is 44.7 Å². The highest BCUT2D eigenvalue weighted by atomic mass is 16.2. The lowest BCUT2D eigenvalue weighted by atomic mass is 10.1. The van der Waals surface area contributed by atoms with Crippen LogP contribution >= 0.6 is 0 Å². The van der Waals surface area contributed by atoms with Crippen molar-refractivity contribution < 1.29 is 9.59 Å². The minimum absolute atomic E-state index is 0.0229. The Morgan fingerprint density at radius 1 is 1.14 bits per heavy atom. The van der Waals surface area contributed by atoms with Crippen LogP contribution in [0.2, 0.25) is 0 Å². The summed E-state index contributed by atoms with van der Waals surface area (Å²) in [6.45, 7) is 3.18. The Labute approximate surface area is 128 Å². The highest BCUT2D eigenvalue weighted by Gasteiger charge is 2.23. The first kappa shape index (κ1) is 14.4. The lowest BCUT2D eigenvalue weighted by Crippen LogP contribution is -2.31. The molecular formula is C16H18N4O2. The van der Waals surface area contributed by atoms with Crippen LogP contribution in [0, 0.1) is 0 Å². The summed E-state index contributed by atoms with van der Waals surface area (Å²) < 4.78 is 1.53. The SMILES string of the molecule is CC(=O)c1nnn(CC(=O)N2CCCC2)c1-c1ccccc1. The summed E-state index contributed by atoms with van der Waals surface area (Å²) >= 11 is 0. The zero-order valence-corrected chi connectivity index (χ0v) is 12.5. The average Bonchev–Trinajstić information content (AvgIpc) is 3.17. The number of hydrogen-bond acceptors (Lipinski definition) is 4. The van der Waals surface area contributed by atoms with E-state index in [0.29, 0.717) is 11.4 Å². The second-order valence-electron chi connectivity index (χ2n) is 5.45. The van der Waals surface area contributed by atoms with Crippen molar-refractivity contribution in [2.45, 2.75) is 26.3 Å². The van der Waals surface area contributed by atoms with Gasteiger partial charge < -0.3 is 4.90 Å². The number of benzene rings is 1. The number of hydrogen-bond donors (Lipinski definition) is 0. The minimum Gasteiger partial charge on any atom is -0.341 e. The fourth-order valence-electron chi connectivity index (χ4n) is 2.74. The molecule has 1 aromatic heterocycles. The van der Waals surface area contributed by atoms with E-state index in [2.05, 4.69) is 10.3 Å². The van der Waals surface area contributed by atoms with Crippen LogP contribution in [0.1, 0.15) is 30.3 Å². The van der Waals surface area contributed by atoms with E-state index in [1.807, 2.05) is 35.2 Å². The van der Waals surface area contributed by atoms with Gasteiger partial charge in [-0.3, -0.25) is 9.59 Å². The number of likely N-dealkylation sites (tertiary alicyclic amines) is 1. The van der Waals surface area contributed by atoms with Crippen molar-refractivity contribution in [3.63, 3.8) is 0 Å². The van der Waals surface area contributed by atoms with E-state index in [0.717, 1.165) is 31.5 Å². The number of Topliss-reactive ketones (excluding diaryl/α,β-unsaturated/α-hetero) is 1. The fourth-order valence-corrected chi connectivity index (χ4v) is 2.74. The molecule has 0 N–H and O–H groups in total. The van der Waals surface area contributed by atoms with Gasteiger partial charge in [-0.15, -0.1) is 5.10 Å². The molecule has 1 aliphatic heterocycles. The molecule has 2 heterocycles. The molecule has 6 nitrogen and oxygen atoms in total. The molecule has 1 saturated heterocycles. The first-order chi connectivity index (χ1) is 10.7. The molecular weight excluding hydrogens is 280 g/mol.